The summed E-state index contributed by atoms with van der Waals surface area (Å²) in [6, 6.07) is -2.79. The van der Waals surface area contributed by atoms with Crippen molar-refractivity contribution in [3.05, 3.63) is 0 Å². The van der Waals surface area contributed by atoms with Crippen LogP contribution in [0, 0.1) is 11.8 Å². The average Bonchev–Trinajstić information content (AvgIpc) is 2.81. The molecule has 0 aromatic rings. The van der Waals surface area contributed by atoms with Crippen LogP contribution in [0.5, 0.6) is 0 Å². The third kappa shape index (κ3) is 32.0. The van der Waals surface area contributed by atoms with Crippen molar-refractivity contribution in [2.24, 2.45) is 40.5 Å². The second-order valence-corrected chi connectivity index (χ2v) is 9.76. The monoisotopic (exact) mass is 557 g/mol. The van der Waals surface area contributed by atoms with Crippen molar-refractivity contribution >= 4 is 35.6 Å². The summed E-state index contributed by atoms with van der Waals surface area (Å²) in [6.45, 7) is 8.25. The van der Waals surface area contributed by atoms with Crippen LogP contribution in [0.1, 0.15) is 66.2 Å². The molecule has 0 saturated heterocycles. The van der Waals surface area contributed by atoms with Crippen molar-refractivity contribution in [3.63, 3.8) is 0 Å². The summed E-state index contributed by atoms with van der Waals surface area (Å²) in [5, 5.41) is 33.3. The third-order valence-corrected chi connectivity index (χ3v) is 5.47. The molecule has 0 spiro atoms. The van der Waals surface area contributed by atoms with Crippen LogP contribution in [0.2, 0.25) is 0 Å². The first-order chi connectivity index (χ1) is 17.0. The van der Waals surface area contributed by atoms with Gasteiger partial charge in [0.05, 0.1) is 0 Å². The number of rotatable bonds is 15. The van der Waals surface area contributed by atoms with Gasteiger partial charge in [-0.3, -0.25) is 19.2 Å². The van der Waals surface area contributed by atoms with Gasteiger partial charge in [-0.25, -0.2) is 0 Å². The lowest BCUT2D eigenvalue weighted by molar-refractivity contribution is -0.140. The summed E-state index contributed by atoms with van der Waals surface area (Å²) < 4.78 is 0. The molecule has 37 heavy (non-hydrogen) atoms. The van der Waals surface area contributed by atoms with Crippen molar-refractivity contribution in [1.82, 2.24) is 0 Å². The zero-order chi connectivity index (χ0) is 30.1. The van der Waals surface area contributed by atoms with Crippen LogP contribution in [-0.2, 0) is 19.2 Å². The molecule has 0 bridgehead atoms. The predicted octanol–water partition coefficient (Wildman–Crippen LogP) is 0.568. The molecule has 0 unspecified atom stereocenters. The number of hydrogen-bond donors (Lipinski definition) is 9. The number of carboxylic acids is 4. The Bertz CT molecular complexity index is 614. The number of hydrogen-bond acceptors (Lipinski definition) is 10. The molecule has 0 radical (unpaired) electrons. The number of aliphatic carboxylic acids is 4. The number of thioether (sulfide) groups is 1. The Kier molecular flexibility index (Phi) is 30.8. The van der Waals surface area contributed by atoms with Gasteiger partial charge in [0, 0.05) is 0 Å². The fourth-order valence-corrected chi connectivity index (χ4v) is 2.60. The van der Waals surface area contributed by atoms with Gasteiger partial charge in [0.2, 0.25) is 0 Å². The van der Waals surface area contributed by atoms with E-state index in [1.165, 1.54) is 0 Å². The smallest absolute Gasteiger partial charge is 0.320 e. The number of unbranched alkanes of at least 4 members (excludes halogenated alkanes) is 1. The Hall–Kier alpha value is -1.97. The molecule has 0 rings (SSSR count). The molecule has 222 valence electrons. The number of carboxylic acid groups (broad SMARTS) is 4. The maximum absolute atomic E-state index is 10.2. The second kappa shape index (κ2) is 27.1. The molecule has 14 N–H and O–H groups in total. The Morgan fingerprint density at radius 1 is 0.730 bits per heavy atom. The summed E-state index contributed by atoms with van der Waals surface area (Å²) in [7, 11) is 0. The van der Waals surface area contributed by atoms with Crippen LogP contribution in [0.15, 0.2) is 0 Å². The first kappa shape index (κ1) is 42.1. The van der Waals surface area contributed by atoms with Gasteiger partial charge >= 0.3 is 23.9 Å². The molecular weight excluding hydrogens is 506 g/mol. The summed E-state index contributed by atoms with van der Waals surface area (Å²) in [5.74, 6) is -2.43. The van der Waals surface area contributed by atoms with E-state index in [2.05, 4.69) is 0 Å². The van der Waals surface area contributed by atoms with Gasteiger partial charge in [0.25, 0.3) is 0 Å². The average molecular weight is 558 g/mol. The third-order valence-electron chi connectivity index (χ3n) is 4.82. The van der Waals surface area contributed by atoms with E-state index in [0.717, 1.165) is 25.0 Å². The van der Waals surface area contributed by atoms with Gasteiger partial charge in [-0.2, -0.15) is 11.8 Å². The highest BCUT2D eigenvalue weighted by molar-refractivity contribution is 7.98. The van der Waals surface area contributed by atoms with Crippen LogP contribution in [-0.4, -0.2) is 87.0 Å². The highest BCUT2D eigenvalue weighted by Gasteiger charge is 2.17. The van der Waals surface area contributed by atoms with Crippen LogP contribution in [0.4, 0.5) is 0 Å². The minimum Gasteiger partial charge on any atom is -0.480 e. The first-order valence-corrected chi connectivity index (χ1v) is 13.5. The fourth-order valence-electron chi connectivity index (χ4n) is 2.11. The van der Waals surface area contributed by atoms with Crippen molar-refractivity contribution < 1.29 is 39.6 Å². The van der Waals surface area contributed by atoms with Gasteiger partial charge < -0.3 is 49.1 Å². The minimum atomic E-state index is -0.933. The van der Waals surface area contributed by atoms with E-state index < -0.39 is 48.0 Å². The van der Waals surface area contributed by atoms with E-state index in [0.29, 0.717) is 31.7 Å². The topological polar surface area (TPSA) is 279 Å². The quantitative estimate of drug-likeness (QED) is 0.124. The molecule has 0 aliphatic carbocycles. The number of carbonyl (C=O) groups is 4. The Morgan fingerprint density at radius 2 is 1.16 bits per heavy atom. The van der Waals surface area contributed by atoms with Gasteiger partial charge in [0.1, 0.15) is 24.2 Å². The highest BCUT2D eigenvalue weighted by atomic mass is 32.2. The van der Waals surface area contributed by atoms with Crippen molar-refractivity contribution in [2.45, 2.75) is 90.4 Å². The van der Waals surface area contributed by atoms with Crippen molar-refractivity contribution in [3.8, 4) is 0 Å². The van der Waals surface area contributed by atoms with E-state index in [9.17, 15) is 19.2 Å². The molecule has 0 aliphatic heterocycles. The molecule has 14 heteroatoms. The first-order valence-electron chi connectivity index (χ1n) is 12.1. The molecule has 0 aliphatic rings. The van der Waals surface area contributed by atoms with E-state index in [1.807, 2.05) is 34.0 Å². The fraction of sp³-hybridized carbons (Fsp3) is 0.826. The lowest BCUT2D eigenvalue weighted by Crippen LogP contribution is -2.36. The van der Waals surface area contributed by atoms with Crippen molar-refractivity contribution in [2.75, 3.05) is 18.6 Å². The van der Waals surface area contributed by atoms with Gasteiger partial charge in [0.15, 0.2) is 0 Å². The van der Waals surface area contributed by atoms with Gasteiger partial charge in [-0.05, 0) is 56.1 Å². The summed E-state index contributed by atoms with van der Waals surface area (Å²) >= 11 is 1.60. The molecule has 0 aromatic carbocycles. The predicted molar refractivity (Wildman–Crippen MR) is 147 cm³/mol. The zero-order valence-corrected chi connectivity index (χ0v) is 23.7. The largest absolute Gasteiger partial charge is 0.480 e. The Balaban J connectivity index is -0.000000196. The van der Waals surface area contributed by atoms with Gasteiger partial charge in [-0.15, -0.1) is 0 Å². The zero-order valence-electron chi connectivity index (χ0n) is 22.8. The van der Waals surface area contributed by atoms with Gasteiger partial charge in [-0.1, -0.05) is 40.5 Å². The van der Waals surface area contributed by atoms with Crippen LogP contribution in [0.3, 0.4) is 0 Å². The lowest BCUT2D eigenvalue weighted by atomic mass is 10.0. The second-order valence-electron chi connectivity index (χ2n) is 8.78. The van der Waals surface area contributed by atoms with E-state index >= 15 is 0 Å². The molecule has 5 atom stereocenters. The normalized spacial score (nSPS) is 14.1. The maximum Gasteiger partial charge on any atom is 0.320 e. The molecule has 0 aromatic heterocycles. The molecular formula is C23H51N5O8S. The molecule has 0 heterocycles. The van der Waals surface area contributed by atoms with Crippen LogP contribution >= 0.6 is 11.8 Å². The summed E-state index contributed by atoms with van der Waals surface area (Å²) in [4.78, 5) is 40.5. The van der Waals surface area contributed by atoms with Crippen molar-refractivity contribution in [1.29, 1.82) is 0 Å². The lowest BCUT2D eigenvalue weighted by Gasteiger charge is -2.11. The SMILES string of the molecule is CC(C)C[C@H](N)C(=O)O.CC[C@H](C)[C@H](N)C(=O)O.CSCC[C@H](N)C(=O)O.NCCCC[C@H](N)C(=O)O. The summed E-state index contributed by atoms with van der Waals surface area (Å²) in [6.07, 6.45) is 6.01. The molecule has 0 fully saturated rings. The van der Waals surface area contributed by atoms with E-state index in [-0.39, 0.29) is 5.92 Å². The Morgan fingerprint density at radius 3 is 1.41 bits per heavy atom. The highest BCUT2D eigenvalue weighted by Crippen LogP contribution is 2.04. The van der Waals surface area contributed by atoms with E-state index in [1.54, 1.807) is 11.8 Å². The molecule has 0 amide bonds. The number of nitrogens with two attached hydrogens (primary N) is 5. The summed E-state index contributed by atoms with van der Waals surface area (Å²) in [5.41, 5.74) is 26.1. The molecule has 0 saturated carbocycles. The van der Waals surface area contributed by atoms with Crippen LogP contribution in [0.25, 0.3) is 0 Å². The minimum absolute atomic E-state index is 0.0718. The Labute approximate surface area is 224 Å². The molecule has 13 nitrogen and oxygen atoms in total. The maximum atomic E-state index is 10.2. The standard InChI is InChI=1S/C6H14N2O2.2C6H13NO2.C5H11NO2S/c7-4-2-1-3-5(8)6(9)10;1-4(2)3-5(7)6(8)9;1-3-4(2)5(7)6(8)9;1-9-3-2-4(6)5(7)8/h5H,1-4,7-8H2,(H,9,10);2*4-5H,3,7H2,1-2H3,(H,8,9);4H,2-3,6H2,1H3,(H,7,8)/t2*5-;4-,5-;4-/m0000/s1. The van der Waals surface area contributed by atoms with E-state index in [4.69, 9.17) is 49.1 Å². The van der Waals surface area contributed by atoms with Crippen LogP contribution < -0.4 is 28.7 Å².